The molecule has 3 unspecified atom stereocenters. The third-order valence-corrected chi connectivity index (χ3v) is 6.54. The molecule has 5 nitrogen and oxygen atoms in total. The number of ether oxygens (including phenoxy) is 1. The molecule has 0 amide bonds. The van der Waals surface area contributed by atoms with Crippen molar-refractivity contribution in [1.82, 2.24) is 15.1 Å². The summed E-state index contributed by atoms with van der Waals surface area (Å²) in [7, 11) is 1.88. The summed E-state index contributed by atoms with van der Waals surface area (Å²) in [4.78, 5) is 9.48. The van der Waals surface area contributed by atoms with E-state index in [0.717, 1.165) is 45.3 Å². The summed E-state index contributed by atoms with van der Waals surface area (Å²) >= 11 is 1.76. The van der Waals surface area contributed by atoms with Crippen molar-refractivity contribution in [2.45, 2.75) is 31.5 Å². The number of nitrogens with one attached hydrogen (secondary N) is 1. The van der Waals surface area contributed by atoms with Crippen LogP contribution in [0, 0.1) is 0 Å². The zero-order valence-corrected chi connectivity index (χ0v) is 20.3. The number of thiophene rings is 1. The third kappa shape index (κ3) is 5.51. The number of morpholine rings is 1. The first-order valence-electron chi connectivity index (χ1n) is 10.1. The minimum absolute atomic E-state index is 0. The van der Waals surface area contributed by atoms with Gasteiger partial charge in [0.05, 0.1) is 18.8 Å². The summed E-state index contributed by atoms with van der Waals surface area (Å²) in [5.41, 5.74) is 2.76. The molecule has 158 valence electrons. The van der Waals surface area contributed by atoms with Gasteiger partial charge in [0.1, 0.15) is 0 Å². The molecule has 2 aliphatic rings. The van der Waals surface area contributed by atoms with Gasteiger partial charge in [0.25, 0.3) is 0 Å². The van der Waals surface area contributed by atoms with Crippen molar-refractivity contribution in [3.63, 3.8) is 0 Å². The molecule has 2 fully saturated rings. The number of aliphatic imine (C=N–C) groups is 1. The molecule has 0 saturated carbocycles. The summed E-state index contributed by atoms with van der Waals surface area (Å²) in [6, 6.07) is 13.4. The van der Waals surface area contributed by atoms with E-state index in [4.69, 9.17) is 4.74 Å². The van der Waals surface area contributed by atoms with Gasteiger partial charge in [0.2, 0.25) is 0 Å². The Hall–Kier alpha value is -1.16. The lowest BCUT2D eigenvalue weighted by atomic mass is 10.1. The molecule has 2 aromatic rings. The van der Waals surface area contributed by atoms with E-state index in [-0.39, 0.29) is 30.1 Å². The van der Waals surface area contributed by atoms with E-state index in [1.54, 1.807) is 11.3 Å². The van der Waals surface area contributed by atoms with Gasteiger partial charge in [-0.15, -0.1) is 24.0 Å². The standard InChI is InChI=1S/C22H30N4OS.HI/c1-17(19-8-11-28-16-19)12-24-22(23-2)26-14-20-21(15-26)27-10-9-25(20)13-18-6-4-3-5-7-18;/h3-8,11,16-17,20-21H,9-10,12-15H2,1-2H3,(H,23,24);1H. The molecule has 3 heterocycles. The van der Waals surface area contributed by atoms with Crippen molar-refractivity contribution in [1.29, 1.82) is 0 Å². The van der Waals surface area contributed by atoms with Crippen molar-refractivity contribution in [2.75, 3.05) is 39.8 Å². The van der Waals surface area contributed by atoms with Gasteiger partial charge in [-0.3, -0.25) is 9.89 Å². The van der Waals surface area contributed by atoms with Crippen LogP contribution in [-0.4, -0.2) is 67.7 Å². The number of hydrogen-bond acceptors (Lipinski definition) is 4. The van der Waals surface area contributed by atoms with E-state index >= 15 is 0 Å². The quantitative estimate of drug-likeness (QED) is 0.367. The van der Waals surface area contributed by atoms with Gasteiger partial charge < -0.3 is 15.0 Å². The van der Waals surface area contributed by atoms with Crippen LogP contribution < -0.4 is 5.32 Å². The largest absolute Gasteiger partial charge is 0.373 e. The maximum Gasteiger partial charge on any atom is 0.193 e. The lowest BCUT2D eigenvalue weighted by Crippen LogP contribution is -2.50. The number of nitrogens with zero attached hydrogens (tertiary/aromatic N) is 3. The Morgan fingerprint density at radius 2 is 2.10 bits per heavy atom. The van der Waals surface area contributed by atoms with Gasteiger partial charge in [-0.05, 0) is 33.9 Å². The van der Waals surface area contributed by atoms with Gasteiger partial charge in [-0.2, -0.15) is 11.3 Å². The van der Waals surface area contributed by atoms with Crippen LogP contribution in [0.5, 0.6) is 0 Å². The van der Waals surface area contributed by atoms with Crippen LogP contribution in [-0.2, 0) is 11.3 Å². The molecule has 0 spiro atoms. The first-order chi connectivity index (χ1) is 13.7. The summed E-state index contributed by atoms with van der Waals surface area (Å²) in [6.07, 6.45) is 0.255. The number of halogens is 1. The van der Waals surface area contributed by atoms with E-state index < -0.39 is 0 Å². The Labute approximate surface area is 195 Å². The van der Waals surface area contributed by atoms with Gasteiger partial charge in [-0.25, -0.2) is 0 Å². The van der Waals surface area contributed by atoms with Crippen molar-refractivity contribution in [2.24, 2.45) is 4.99 Å². The highest BCUT2D eigenvalue weighted by Gasteiger charge is 2.41. The van der Waals surface area contributed by atoms with Gasteiger partial charge in [0.15, 0.2) is 5.96 Å². The highest BCUT2D eigenvalue weighted by molar-refractivity contribution is 14.0. The third-order valence-electron chi connectivity index (χ3n) is 5.83. The minimum Gasteiger partial charge on any atom is -0.373 e. The molecule has 0 bridgehead atoms. The van der Waals surface area contributed by atoms with E-state index in [0.29, 0.717) is 12.0 Å². The first-order valence-corrected chi connectivity index (χ1v) is 11.1. The van der Waals surface area contributed by atoms with E-state index in [1.807, 2.05) is 7.05 Å². The maximum atomic E-state index is 6.11. The molecule has 2 saturated heterocycles. The Morgan fingerprint density at radius 1 is 1.28 bits per heavy atom. The zero-order valence-electron chi connectivity index (χ0n) is 17.2. The molecule has 4 rings (SSSR count). The second-order valence-corrected chi connectivity index (χ2v) is 8.50. The Kier molecular flexibility index (Phi) is 8.35. The summed E-state index contributed by atoms with van der Waals surface area (Å²) in [5, 5.41) is 7.95. The molecular formula is C22H31IN4OS. The molecule has 29 heavy (non-hydrogen) atoms. The Morgan fingerprint density at radius 3 is 2.83 bits per heavy atom. The molecule has 1 aromatic heterocycles. The average Bonchev–Trinajstić information content (AvgIpc) is 3.40. The molecule has 7 heteroatoms. The zero-order chi connectivity index (χ0) is 19.3. The Bertz CT molecular complexity index is 770. The molecule has 1 N–H and O–H groups in total. The highest BCUT2D eigenvalue weighted by atomic mass is 127. The molecule has 2 aliphatic heterocycles. The van der Waals surface area contributed by atoms with Crippen LogP contribution in [0.2, 0.25) is 0 Å². The molecule has 0 aliphatic carbocycles. The van der Waals surface area contributed by atoms with Crippen molar-refractivity contribution in [3.8, 4) is 0 Å². The fourth-order valence-electron chi connectivity index (χ4n) is 4.20. The number of rotatable bonds is 5. The minimum atomic E-state index is 0. The van der Waals surface area contributed by atoms with Gasteiger partial charge in [-0.1, -0.05) is 37.3 Å². The fourth-order valence-corrected chi connectivity index (χ4v) is 4.98. The molecule has 3 atom stereocenters. The summed E-state index contributed by atoms with van der Waals surface area (Å²) in [5.74, 6) is 1.46. The predicted molar refractivity (Wildman–Crippen MR) is 131 cm³/mol. The van der Waals surface area contributed by atoms with Gasteiger partial charge in [0, 0.05) is 39.8 Å². The number of benzene rings is 1. The van der Waals surface area contributed by atoms with Gasteiger partial charge >= 0.3 is 0 Å². The topological polar surface area (TPSA) is 40.1 Å². The van der Waals surface area contributed by atoms with Crippen LogP contribution in [0.25, 0.3) is 0 Å². The lowest BCUT2D eigenvalue weighted by Gasteiger charge is -2.36. The average molecular weight is 526 g/mol. The van der Waals surface area contributed by atoms with Crippen molar-refractivity contribution >= 4 is 41.3 Å². The maximum absolute atomic E-state index is 6.11. The number of likely N-dealkylation sites (tertiary alicyclic amines) is 1. The smallest absolute Gasteiger partial charge is 0.193 e. The fraction of sp³-hybridized carbons (Fsp3) is 0.500. The van der Waals surface area contributed by atoms with E-state index in [9.17, 15) is 0 Å². The van der Waals surface area contributed by atoms with Crippen LogP contribution in [0.4, 0.5) is 0 Å². The number of hydrogen-bond donors (Lipinski definition) is 1. The highest BCUT2D eigenvalue weighted by Crippen LogP contribution is 2.25. The second kappa shape index (κ2) is 10.7. The normalized spacial score (nSPS) is 23.4. The predicted octanol–water partition coefficient (Wildman–Crippen LogP) is 3.63. The summed E-state index contributed by atoms with van der Waals surface area (Å²) in [6.45, 7) is 7.81. The monoisotopic (exact) mass is 526 g/mol. The van der Waals surface area contributed by atoms with E-state index in [2.05, 4.69) is 74.2 Å². The van der Waals surface area contributed by atoms with Crippen molar-refractivity contribution < 1.29 is 4.74 Å². The van der Waals surface area contributed by atoms with Crippen molar-refractivity contribution in [3.05, 3.63) is 58.3 Å². The SMILES string of the molecule is CN=C(NCC(C)c1ccsc1)N1CC2OCCN(Cc3ccccc3)C2C1.I. The first kappa shape index (κ1) is 22.5. The Balaban J connectivity index is 0.00000240. The molecule has 1 aromatic carbocycles. The lowest BCUT2D eigenvalue weighted by molar-refractivity contribution is -0.0502. The number of guanidine groups is 1. The molecular weight excluding hydrogens is 495 g/mol. The number of fused-ring (bicyclic) bond motifs is 1. The van der Waals surface area contributed by atoms with Crippen LogP contribution in [0.1, 0.15) is 24.0 Å². The van der Waals surface area contributed by atoms with E-state index in [1.165, 1.54) is 11.1 Å². The summed E-state index contributed by atoms with van der Waals surface area (Å²) < 4.78 is 6.11. The van der Waals surface area contributed by atoms with Crippen LogP contribution in [0.15, 0.2) is 52.2 Å². The van der Waals surface area contributed by atoms with Crippen LogP contribution >= 0.6 is 35.3 Å². The molecule has 0 radical (unpaired) electrons. The second-order valence-electron chi connectivity index (χ2n) is 7.72. The van der Waals surface area contributed by atoms with Crippen LogP contribution in [0.3, 0.4) is 0 Å².